The molecular formula is C17H11NO4. The Kier molecular flexibility index (Phi) is 2.56. The molecular weight excluding hydrogens is 282 g/mol. The number of hydrogen-bond donors (Lipinski definition) is 1. The Hall–Kier alpha value is -3.08. The molecule has 0 saturated carbocycles. The van der Waals surface area contributed by atoms with Crippen LogP contribution in [-0.2, 0) is 4.74 Å². The topological polar surface area (TPSA) is 72.3 Å². The summed E-state index contributed by atoms with van der Waals surface area (Å²) >= 11 is 0. The third-order valence-corrected chi connectivity index (χ3v) is 3.79. The first-order valence-corrected chi connectivity index (χ1v) is 6.74. The minimum Gasteiger partial charge on any atom is -0.465 e. The molecule has 0 saturated heterocycles. The Bertz CT molecular complexity index is 1100. The summed E-state index contributed by atoms with van der Waals surface area (Å²) in [6, 6.07) is 12.6. The highest BCUT2D eigenvalue weighted by Crippen LogP contribution is 2.31. The lowest BCUT2D eigenvalue weighted by atomic mass is 10.1. The molecule has 0 aliphatic carbocycles. The Morgan fingerprint density at radius 2 is 1.86 bits per heavy atom. The molecule has 4 rings (SSSR count). The minimum atomic E-state index is -0.584. The fourth-order valence-electron chi connectivity index (χ4n) is 2.82. The molecule has 0 aliphatic rings. The summed E-state index contributed by atoms with van der Waals surface area (Å²) in [5, 5.41) is 2.52. The number of fused-ring (bicyclic) bond motifs is 5. The zero-order valence-electron chi connectivity index (χ0n) is 11.7. The molecule has 108 valence electrons. The first-order valence-electron chi connectivity index (χ1n) is 6.74. The quantitative estimate of drug-likeness (QED) is 0.432. The zero-order chi connectivity index (χ0) is 15.3. The highest BCUT2D eigenvalue weighted by atomic mass is 16.5. The van der Waals surface area contributed by atoms with Crippen LogP contribution in [0.1, 0.15) is 10.4 Å². The molecule has 2 heterocycles. The van der Waals surface area contributed by atoms with Crippen molar-refractivity contribution < 1.29 is 13.9 Å². The van der Waals surface area contributed by atoms with Crippen molar-refractivity contribution in [3.8, 4) is 0 Å². The van der Waals surface area contributed by atoms with E-state index < -0.39 is 11.6 Å². The monoisotopic (exact) mass is 293 g/mol. The summed E-state index contributed by atoms with van der Waals surface area (Å²) in [6.07, 6.45) is 0. The third kappa shape index (κ3) is 1.65. The van der Waals surface area contributed by atoms with E-state index in [9.17, 15) is 9.59 Å². The molecule has 2 aromatic heterocycles. The lowest BCUT2D eigenvalue weighted by Gasteiger charge is -2.04. The number of aromatic nitrogens is 1. The Morgan fingerprint density at radius 3 is 2.68 bits per heavy atom. The predicted octanol–water partition coefficient (Wildman–Crippen LogP) is 3.21. The van der Waals surface area contributed by atoms with E-state index in [1.807, 2.05) is 30.3 Å². The van der Waals surface area contributed by atoms with Crippen molar-refractivity contribution in [1.82, 2.24) is 4.98 Å². The van der Waals surface area contributed by atoms with Crippen molar-refractivity contribution in [1.29, 1.82) is 0 Å². The van der Waals surface area contributed by atoms with Crippen LogP contribution in [0.25, 0.3) is 32.8 Å². The lowest BCUT2D eigenvalue weighted by Crippen LogP contribution is -2.08. The molecule has 1 N–H and O–H groups in total. The Labute approximate surface area is 124 Å². The van der Waals surface area contributed by atoms with Crippen LogP contribution < -0.4 is 5.63 Å². The molecule has 22 heavy (non-hydrogen) atoms. The standard InChI is InChI=1S/C17H11NO4/c1-21-17(20)12-8-14(19)22-16-11(12)7-6-10-9-4-2-3-5-13(9)18-15(10)16/h2-8,18H,1H3. The second kappa shape index (κ2) is 4.46. The molecule has 0 amide bonds. The summed E-state index contributed by atoms with van der Waals surface area (Å²) < 4.78 is 10.1. The molecule has 0 atom stereocenters. The third-order valence-electron chi connectivity index (χ3n) is 3.79. The number of para-hydroxylation sites is 1. The van der Waals surface area contributed by atoms with Gasteiger partial charge in [0.15, 0.2) is 5.58 Å². The number of rotatable bonds is 1. The summed E-state index contributed by atoms with van der Waals surface area (Å²) in [7, 11) is 1.28. The fraction of sp³-hybridized carbons (Fsp3) is 0.0588. The number of esters is 1. The number of nitrogens with one attached hydrogen (secondary N) is 1. The molecule has 5 heteroatoms. The average Bonchev–Trinajstić information content (AvgIpc) is 2.92. The normalized spacial score (nSPS) is 11.3. The van der Waals surface area contributed by atoms with E-state index in [0.29, 0.717) is 16.5 Å². The van der Waals surface area contributed by atoms with Crippen molar-refractivity contribution >= 4 is 38.7 Å². The van der Waals surface area contributed by atoms with Gasteiger partial charge in [-0.2, -0.15) is 0 Å². The van der Waals surface area contributed by atoms with Crippen LogP contribution in [0.4, 0.5) is 0 Å². The van der Waals surface area contributed by atoms with Crippen LogP contribution in [0.2, 0.25) is 0 Å². The van der Waals surface area contributed by atoms with Crippen LogP contribution >= 0.6 is 0 Å². The molecule has 0 fully saturated rings. The molecule has 5 nitrogen and oxygen atoms in total. The number of benzene rings is 2. The highest BCUT2D eigenvalue weighted by molar-refractivity contribution is 6.17. The second-order valence-electron chi connectivity index (χ2n) is 5.01. The van der Waals surface area contributed by atoms with E-state index in [1.165, 1.54) is 7.11 Å². The summed E-state index contributed by atoms with van der Waals surface area (Å²) in [4.78, 5) is 26.9. The van der Waals surface area contributed by atoms with Crippen LogP contribution in [0, 0.1) is 0 Å². The molecule has 0 spiro atoms. The number of carbonyl (C=O) groups is 1. The summed E-state index contributed by atoms with van der Waals surface area (Å²) in [5.74, 6) is -0.562. The van der Waals surface area contributed by atoms with Gasteiger partial charge in [-0.05, 0) is 12.1 Å². The highest BCUT2D eigenvalue weighted by Gasteiger charge is 2.17. The SMILES string of the molecule is COC(=O)c1cc(=O)oc2c1ccc1c3ccccc3[nH]c12. The minimum absolute atomic E-state index is 0.203. The van der Waals surface area contributed by atoms with E-state index >= 15 is 0 Å². The van der Waals surface area contributed by atoms with Crippen LogP contribution in [0.5, 0.6) is 0 Å². The molecule has 0 radical (unpaired) electrons. The maximum atomic E-state index is 11.9. The number of H-pyrrole nitrogens is 1. The van der Waals surface area contributed by atoms with Crippen molar-refractivity contribution in [3.63, 3.8) is 0 Å². The van der Waals surface area contributed by atoms with E-state index in [1.54, 1.807) is 6.07 Å². The van der Waals surface area contributed by atoms with Crippen LogP contribution in [0.15, 0.2) is 51.7 Å². The number of ether oxygens (including phenoxy) is 1. The molecule has 0 unspecified atom stereocenters. The molecule has 0 aliphatic heterocycles. The van der Waals surface area contributed by atoms with Gasteiger partial charge in [0.25, 0.3) is 0 Å². The summed E-state index contributed by atoms with van der Waals surface area (Å²) in [5.41, 5.74) is 1.62. The van der Waals surface area contributed by atoms with Crippen molar-refractivity contribution in [2.45, 2.75) is 0 Å². The van der Waals surface area contributed by atoms with Gasteiger partial charge in [-0.25, -0.2) is 9.59 Å². The molecule has 0 bridgehead atoms. The molecule has 2 aromatic carbocycles. The zero-order valence-corrected chi connectivity index (χ0v) is 11.7. The van der Waals surface area contributed by atoms with Crippen molar-refractivity contribution in [2.24, 2.45) is 0 Å². The number of hydrogen-bond acceptors (Lipinski definition) is 4. The maximum Gasteiger partial charge on any atom is 0.338 e. The van der Waals surface area contributed by atoms with Gasteiger partial charge in [0.1, 0.15) is 0 Å². The van der Waals surface area contributed by atoms with E-state index in [-0.39, 0.29) is 5.56 Å². The first-order chi connectivity index (χ1) is 10.7. The van der Waals surface area contributed by atoms with E-state index in [2.05, 4.69) is 4.98 Å². The van der Waals surface area contributed by atoms with Gasteiger partial charge in [-0.3, -0.25) is 0 Å². The van der Waals surface area contributed by atoms with Gasteiger partial charge in [-0.1, -0.05) is 24.3 Å². The van der Waals surface area contributed by atoms with Crippen LogP contribution in [-0.4, -0.2) is 18.1 Å². The average molecular weight is 293 g/mol. The number of methoxy groups -OCH3 is 1. The lowest BCUT2D eigenvalue weighted by molar-refractivity contribution is 0.0602. The Balaban J connectivity index is 2.22. The predicted molar refractivity (Wildman–Crippen MR) is 83.2 cm³/mol. The van der Waals surface area contributed by atoms with Crippen LogP contribution in [0.3, 0.4) is 0 Å². The van der Waals surface area contributed by atoms with E-state index in [0.717, 1.165) is 22.4 Å². The first kappa shape index (κ1) is 12.6. The van der Waals surface area contributed by atoms with Crippen molar-refractivity contribution in [3.05, 3.63) is 58.4 Å². The van der Waals surface area contributed by atoms with Gasteiger partial charge >= 0.3 is 11.6 Å². The van der Waals surface area contributed by atoms with Gasteiger partial charge in [0.05, 0.1) is 18.2 Å². The largest absolute Gasteiger partial charge is 0.465 e. The second-order valence-corrected chi connectivity index (χ2v) is 5.01. The fourth-order valence-corrected chi connectivity index (χ4v) is 2.82. The van der Waals surface area contributed by atoms with Gasteiger partial charge in [-0.15, -0.1) is 0 Å². The maximum absolute atomic E-state index is 11.9. The van der Waals surface area contributed by atoms with Gasteiger partial charge in [0.2, 0.25) is 0 Å². The summed E-state index contributed by atoms with van der Waals surface area (Å²) in [6.45, 7) is 0. The Morgan fingerprint density at radius 1 is 1.09 bits per heavy atom. The molecule has 4 aromatic rings. The van der Waals surface area contributed by atoms with Gasteiger partial charge < -0.3 is 14.1 Å². The van der Waals surface area contributed by atoms with E-state index in [4.69, 9.17) is 9.15 Å². The van der Waals surface area contributed by atoms with Gasteiger partial charge in [0, 0.05) is 27.7 Å². The number of aromatic amines is 1. The smallest absolute Gasteiger partial charge is 0.338 e. The number of carbonyl (C=O) groups excluding carboxylic acids is 1. The van der Waals surface area contributed by atoms with Crippen molar-refractivity contribution in [2.75, 3.05) is 7.11 Å².